The van der Waals surface area contributed by atoms with E-state index in [4.69, 9.17) is 9.84 Å². The molecular weight excluding hydrogens is 256 g/mol. The van der Waals surface area contributed by atoms with Gasteiger partial charge in [0.1, 0.15) is 6.61 Å². The van der Waals surface area contributed by atoms with Crippen LogP contribution in [0, 0.1) is 10.1 Å². The average Bonchev–Trinajstić information content (AvgIpc) is 2.33. The Morgan fingerprint density at radius 2 is 2.16 bits per heavy atom. The molecule has 8 heteroatoms. The summed E-state index contributed by atoms with van der Waals surface area (Å²) in [5.41, 5.74) is -0.437. The number of amides is 1. The zero-order valence-electron chi connectivity index (χ0n) is 10.1. The average molecular weight is 268 g/mol. The molecule has 1 aromatic carbocycles. The minimum absolute atomic E-state index is 0.00346. The number of rotatable bonds is 6. The van der Waals surface area contributed by atoms with Gasteiger partial charge in [-0.2, -0.15) is 0 Å². The van der Waals surface area contributed by atoms with Crippen molar-refractivity contribution < 1.29 is 24.4 Å². The monoisotopic (exact) mass is 268 g/mol. The van der Waals surface area contributed by atoms with Gasteiger partial charge in [0.2, 0.25) is 5.91 Å². The molecule has 0 spiro atoms. The Morgan fingerprint density at radius 1 is 1.47 bits per heavy atom. The van der Waals surface area contributed by atoms with Gasteiger partial charge in [0, 0.05) is 19.1 Å². The molecule has 0 saturated heterocycles. The molecule has 2 N–H and O–H groups in total. The first-order valence-corrected chi connectivity index (χ1v) is 5.30. The lowest BCUT2D eigenvalue weighted by atomic mass is 10.2. The second-order valence-electron chi connectivity index (χ2n) is 3.58. The van der Waals surface area contributed by atoms with Crippen molar-refractivity contribution in [2.75, 3.05) is 13.2 Å². The highest BCUT2D eigenvalue weighted by Crippen LogP contribution is 2.27. The Balaban J connectivity index is 2.82. The topological polar surface area (TPSA) is 119 Å². The van der Waals surface area contributed by atoms with Crippen LogP contribution in [0.4, 0.5) is 5.69 Å². The van der Waals surface area contributed by atoms with Crippen LogP contribution in [0.3, 0.4) is 0 Å². The largest absolute Gasteiger partial charge is 0.485 e. The summed E-state index contributed by atoms with van der Waals surface area (Å²) in [6.45, 7) is 1.50. The number of carbonyl (C=O) groups is 2. The van der Waals surface area contributed by atoms with Crippen molar-refractivity contribution in [3.8, 4) is 5.75 Å². The molecule has 0 aromatic heterocycles. The molecule has 102 valence electrons. The van der Waals surface area contributed by atoms with Gasteiger partial charge in [-0.3, -0.25) is 14.9 Å². The highest BCUT2D eigenvalue weighted by Gasteiger charge is 2.17. The van der Waals surface area contributed by atoms with Crippen molar-refractivity contribution in [3.05, 3.63) is 33.9 Å². The molecule has 1 amide bonds. The molecule has 0 saturated carbocycles. The Bertz CT molecular complexity index is 514. The lowest BCUT2D eigenvalue weighted by molar-refractivity contribution is -0.385. The van der Waals surface area contributed by atoms with Gasteiger partial charge in [-0.25, -0.2) is 4.79 Å². The van der Waals surface area contributed by atoms with E-state index in [1.807, 2.05) is 0 Å². The number of benzene rings is 1. The predicted molar refractivity (Wildman–Crippen MR) is 64.2 cm³/mol. The molecule has 0 atom stereocenters. The summed E-state index contributed by atoms with van der Waals surface area (Å²) in [7, 11) is 0. The molecule has 0 unspecified atom stereocenters. The van der Waals surface area contributed by atoms with Gasteiger partial charge in [-0.15, -0.1) is 0 Å². The molecule has 1 aromatic rings. The predicted octanol–water partition coefficient (Wildman–Crippen LogP) is 0.808. The maximum absolute atomic E-state index is 10.8. The van der Waals surface area contributed by atoms with Gasteiger partial charge < -0.3 is 15.2 Å². The van der Waals surface area contributed by atoms with Crippen molar-refractivity contribution in [2.24, 2.45) is 0 Å². The van der Waals surface area contributed by atoms with E-state index in [0.29, 0.717) is 0 Å². The maximum Gasteiger partial charge on any atom is 0.335 e. The lowest BCUT2D eigenvalue weighted by Gasteiger charge is -2.07. The normalized spacial score (nSPS) is 9.74. The number of ether oxygens (including phenoxy) is 1. The van der Waals surface area contributed by atoms with Gasteiger partial charge in [0.25, 0.3) is 0 Å². The van der Waals surface area contributed by atoms with Crippen LogP contribution >= 0.6 is 0 Å². The van der Waals surface area contributed by atoms with E-state index in [1.165, 1.54) is 6.92 Å². The fraction of sp³-hybridized carbons (Fsp3) is 0.273. The Hall–Kier alpha value is -2.64. The van der Waals surface area contributed by atoms with Crippen molar-refractivity contribution in [1.82, 2.24) is 5.32 Å². The molecule has 0 aliphatic heterocycles. The van der Waals surface area contributed by atoms with Crippen molar-refractivity contribution in [1.29, 1.82) is 0 Å². The van der Waals surface area contributed by atoms with Gasteiger partial charge in [-0.05, 0) is 6.07 Å². The summed E-state index contributed by atoms with van der Waals surface area (Å²) in [5, 5.41) is 22.0. The van der Waals surface area contributed by atoms with Crippen LogP contribution in [-0.4, -0.2) is 35.1 Å². The highest BCUT2D eigenvalue weighted by atomic mass is 16.6. The molecule has 8 nitrogen and oxygen atoms in total. The molecule has 0 bridgehead atoms. The van der Waals surface area contributed by atoms with Crippen LogP contribution in [0.1, 0.15) is 17.3 Å². The van der Waals surface area contributed by atoms with E-state index >= 15 is 0 Å². The van der Waals surface area contributed by atoms with Crippen LogP contribution < -0.4 is 10.1 Å². The van der Waals surface area contributed by atoms with E-state index in [1.54, 1.807) is 0 Å². The van der Waals surface area contributed by atoms with Crippen LogP contribution in [0.2, 0.25) is 0 Å². The number of aromatic carboxylic acids is 1. The van der Waals surface area contributed by atoms with E-state index in [2.05, 4.69) is 5.32 Å². The van der Waals surface area contributed by atoms with E-state index in [9.17, 15) is 19.7 Å². The Labute approximate surface area is 108 Å². The van der Waals surface area contributed by atoms with E-state index in [0.717, 1.165) is 18.2 Å². The molecule has 1 rings (SSSR count). The third-order valence-electron chi connectivity index (χ3n) is 2.14. The SMILES string of the molecule is CC(=O)NCCOc1cc(C(=O)O)ccc1[N+](=O)[O-]. The summed E-state index contributed by atoms with van der Waals surface area (Å²) in [6, 6.07) is 3.27. The third kappa shape index (κ3) is 4.26. The minimum Gasteiger partial charge on any atom is -0.485 e. The number of carboxylic acids is 1. The van der Waals surface area contributed by atoms with Crippen molar-refractivity contribution in [2.45, 2.75) is 6.92 Å². The number of nitrogens with one attached hydrogen (secondary N) is 1. The first-order chi connectivity index (χ1) is 8.91. The molecule has 0 radical (unpaired) electrons. The van der Waals surface area contributed by atoms with Gasteiger partial charge >= 0.3 is 11.7 Å². The second-order valence-corrected chi connectivity index (χ2v) is 3.58. The Morgan fingerprint density at radius 3 is 2.68 bits per heavy atom. The third-order valence-corrected chi connectivity index (χ3v) is 2.14. The first-order valence-electron chi connectivity index (χ1n) is 5.30. The first kappa shape index (κ1) is 14.4. The zero-order valence-corrected chi connectivity index (χ0v) is 10.1. The van der Waals surface area contributed by atoms with Gasteiger partial charge in [0.15, 0.2) is 5.75 Å². The van der Waals surface area contributed by atoms with E-state index in [-0.39, 0.29) is 36.1 Å². The Kier molecular flexibility index (Phi) is 4.81. The van der Waals surface area contributed by atoms with E-state index < -0.39 is 10.9 Å². The van der Waals surface area contributed by atoms with Gasteiger partial charge in [-0.1, -0.05) is 0 Å². The minimum atomic E-state index is -1.21. The van der Waals surface area contributed by atoms with Crippen LogP contribution in [0.5, 0.6) is 5.75 Å². The summed E-state index contributed by atoms with van der Waals surface area (Å²) >= 11 is 0. The van der Waals surface area contributed by atoms with Crippen molar-refractivity contribution in [3.63, 3.8) is 0 Å². The number of hydrogen-bond donors (Lipinski definition) is 2. The number of carboxylic acid groups (broad SMARTS) is 1. The number of hydrogen-bond acceptors (Lipinski definition) is 5. The maximum atomic E-state index is 10.8. The van der Waals surface area contributed by atoms with Crippen LogP contribution in [0.15, 0.2) is 18.2 Å². The zero-order chi connectivity index (χ0) is 14.4. The van der Waals surface area contributed by atoms with Gasteiger partial charge in [0.05, 0.1) is 17.0 Å². The number of nitro benzene ring substituents is 1. The standard InChI is InChI=1S/C11H12N2O6/c1-7(14)12-4-5-19-10-6-8(11(15)16)2-3-9(10)13(17)18/h2-3,6H,4-5H2,1H3,(H,12,14)(H,15,16). The fourth-order valence-electron chi connectivity index (χ4n) is 1.30. The number of carbonyl (C=O) groups excluding carboxylic acids is 1. The summed E-state index contributed by atoms with van der Waals surface area (Å²) in [6.07, 6.45) is 0. The summed E-state index contributed by atoms with van der Waals surface area (Å²) in [4.78, 5) is 31.5. The molecule has 19 heavy (non-hydrogen) atoms. The van der Waals surface area contributed by atoms with Crippen LogP contribution in [-0.2, 0) is 4.79 Å². The smallest absolute Gasteiger partial charge is 0.335 e. The second kappa shape index (κ2) is 6.34. The molecule has 0 fully saturated rings. The summed E-state index contributed by atoms with van der Waals surface area (Å²) < 4.78 is 5.12. The molecule has 0 aliphatic carbocycles. The molecular formula is C11H12N2O6. The quantitative estimate of drug-likeness (QED) is 0.447. The highest BCUT2D eigenvalue weighted by molar-refractivity contribution is 5.88. The molecule has 0 heterocycles. The fourth-order valence-corrected chi connectivity index (χ4v) is 1.30. The lowest BCUT2D eigenvalue weighted by Crippen LogP contribution is -2.25. The molecule has 0 aliphatic rings. The van der Waals surface area contributed by atoms with Crippen LogP contribution in [0.25, 0.3) is 0 Å². The summed E-state index contributed by atoms with van der Waals surface area (Å²) in [5.74, 6) is -1.60. The number of nitrogens with zero attached hydrogens (tertiary/aromatic N) is 1. The van der Waals surface area contributed by atoms with Crippen molar-refractivity contribution >= 4 is 17.6 Å². The number of nitro groups is 1.